The van der Waals surface area contributed by atoms with Gasteiger partial charge in [0.05, 0.1) is 11.1 Å². The van der Waals surface area contributed by atoms with E-state index in [4.69, 9.17) is 23.2 Å². The van der Waals surface area contributed by atoms with E-state index >= 15 is 0 Å². The minimum absolute atomic E-state index is 0. The van der Waals surface area contributed by atoms with Gasteiger partial charge in [0, 0.05) is 10.9 Å². The lowest BCUT2D eigenvalue weighted by Gasteiger charge is -2.32. The highest BCUT2D eigenvalue weighted by atomic mass is 35.5. The summed E-state index contributed by atoms with van der Waals surface area (Å²) in [5.41, 5.74) is 0.529. The first-order valence-corrected chi connectivity index (χ1v) is 7.31. The summed E-state index contributed by atoms with van der Waals surface area (Å²) in [6.07, 6.45) is 0. The molecule has 0 radical (unpaired) electrons. The van der Waals surface area contributed by atoms with Gasteiger partial charge in [0.15, 0.2) is 0 Å². The van der Waals surface area contributed by atoms with Gasteiger partial charge in [-0.2, -0.15) is 0 Å². The van der Waals surface area contributed by atoms with Gasteiger partial charge in [-0.1, -0.05) is 30.1 Å². The number of rotatable bonds is 4. The molecule has 2 rings (SSSR count). The Kier molecular flexibility index (Phi) is 6.72. The van der Waals surface area contributed by atoms with Gasteiger partial charge in [-0.25, -0.2) is 4.39 Å². The quantitative estimate of drug-likeness (QED) is 0.811. The predicted octanol–water partition coefficient (Wildman–Crippen LogP) is 3.59. The molecule has 118 valence electrons. The zero-order valence-electron chi connectivity index (χ0n) is 11.8. The number of benzene rings is 1. The van der Waals surface area contributed by atoms with Crippen molar-refractivity contribution >= 4 is 41.5 Å². The second-order valence-corrected chi connectivity index (χ2v) is 6.04. The predicted molar refractivity (Wildman–Crippen MR) is 85.7 cm³/mol. The van der Waals surface area contributed by atoms with Crippen LogP contribution in [0.15, 0.2) is 12.1 Å². The first-order valence-electron chi connectivity index (χ1n) is 6.55. The average molecular weight is 356 g/mol. The van der Waals surface area contributed by atoms with E-state index in [1.165, 1.54) is 12.1 Å². The summed E-state index contributed by atoms with van der Waals surface area (Å²) < 4.78 is 13.5. The van der Waals surface area contributed by atoms with Gasteiger partial charge < -0.3 is 10.6 Å². The van der Waals surface area contributed by atoms with Gasteiger partial charge in [0.1, 0.15) is 5.82 Å². The summed E-state index contributed by atoms with van der Waals surface area (Å²) in [6.45, 7) is 5.40. The molecule has 2 atom stereocenters. The highest BCUT2D eigenvalue weighted by Crippen LogP contribution is 2.29. The van der Waals surface area contributed by atoms with Crippen LogP contribution in [0.25, 0.3) is 0 Å². The SMILES string of the molecule is CC(NC(=O)C(C)C1CNC1)c1cc(F)c(Cl)cc1Cl.Cl. The number of hydrogen-bond acceptors (Lipinski definition) is 2. The zero-order chi connectivity index (χ0) is 14.9. The molecule has 0 spiro atoms. The van der Waals surface area contributed by atoms with Crippen molar-refractivity contribution in [3.05, 3.63) is 33.6 Å². The van der Waals surface area contributed by atoms with E-state index in [0.717, 1.165) is 13.1 Å². The largest absolute Gasteiger partial charge is 0.349 e. The standard InChI is InChI=1S/C14H17Cl2FN2O.ClH/c1-7(9-5-18-6-9)14(20)19-8(2)10-3-13(17)12(16)4-11(10)15;/h3-4,7-9,18H,5-6H2,1-2H3,(H,19,20);1H. The second kappa shape index (κ2) is 7.63. The Morgan fingerprint density at radius 1 is 1.33 bits per heavy atom. The van der Waals surface area contributed by atoms with Crippen LogP contribution in [0.1, 0.15) is 25.5 Å². The van der Waals surface area contributed by atoms with Crippen LogP contribution >= 0.6 is 35.6 Å². The maximum Gasteiger partial charge on any atom is 0.223 e. The maximum absolute atomic E-state index is 13.5. The van der Waals surface area contributed by atoms with E-state index in [0.29, 0.717) is 16.5 Å². The van der Waals surface area contributed by atoms with Crippen molar-refractivity contribution in [1.29, 1.82) is 0 Å². The summed E-state index contributed by atoms with van der Waals surface area (Å²) in [5.74, 6) is -0.298. The molecule has 0 bridgehead atoms. The van der Waals surface area contributed by atoms with Crippen molar-refractivity contribution in [2.45, 2.75) is 19.9 Å². The molecule has 0 aliphatic carbocycles. The van der Waals surface area contributed by atoms with Crippen LogP contribution < -0.4 is 10.6 Å². The molecule has 1 fully saturated rings. The second-order valence-electron chi connectivity index (χ2n) is 5.23. The molecule has 0 aromatic heterocycles. The monoisotopic (exact) mass is 354 g/mol. The molecule has 1 aromatic rings. The van der Waals surface area contributed by atoms with E-state index in [-0.39, 0.29) is 35.3 Å². The van der Waals surface area contributed by atoms with Crippen LogP contribution in [0.5, 0.6) is 0 Å². The average Bonchev–Trinajstić information content (AvgIpc) is 2.31. The van der Waals surface area contributed by atoms with E-state index in [2.05, 4.69) is 10.6 Å². The van der Waals surface area contributed by atoms with Crippen molar-refractivity contribution in [3.63, 3.8) is 0 Å². The van der Waals surface area contributed by atoms with Crippen LogP contribution in [0.4, 0.5) is 4.39 Å². The number of nitrogens with one attached hydrogen (secondary N) is 2. The third-order valence-corrected chi connectivity index (χ3v) is 4.42. The van der Waals surface area contributed by atoms with Crippen LogP contribution in [0.3, 0.4) is 0 Å². The topological polar surface area (TPSA) is 41.1 Å². The molecule has 1 aromatic carbocycles. The van der Waals surface area contributed by atoms with E-state index in [9.17, 15) is 9.18 Å². The number of halogens is 4. The number of hydrogen-bond donors (Lipinski definition) is 2. The lowest BCUT2D eigenvalue weighted by atomic mass is 9.88. The van der Waals surface area contributed by atoms with Crippen LogP contribution in [-0.2, 0) is 4.79 Å². The van der Waals surface area contributed by atoms with Crippen molar-refractivity contribution in [1.82, 2.24) is 10.6 Å². The third kappa shape index (κ3) is 4.22. The highest BCUT2D eigenvalue weighted by molar-refractivity contribution is 6.35. The molecule has 1 aliphatic rings. The zero-order valence-corrected chi connectivity index (χ0v) is 14.1. The molecule has 0 saturated carbocycles. The summed E-state index contributed by atoms with van der Waals surface area (Å²) in [4.78, 5) is 12.1. The van der Waals surface area contributed by atoms with Gasteiger partial charge >= 0.3 is 0 Å². The summed E-state index contributed by atoms with van der Waals surface area (Å²) in [7, 11) is 0. The number of carbonyl (C=O) groups is 1. The van der Waals surface area contributed by atoms with E-state index < -0.39 is 5.82 Å². The van der Waals surface area contributed by atoms with Crippen molar-refractivity contribution in [2.24, 2.45) is 11.8 Å². The van der Waals surface area contributed by atoms with Crippen molar-refractivity contribution in [3.8, 4) is 0 Å². The molecule has 1 amide bonds. The molecular formula is C14H18Cl3FN2O. The Labute approximate surface area is 140 Å². The lowest BCUT2D eigenvalue weighted by molar-refractivity contribution is -0.127. The summed E-state index contributed by atoms with van der Waals surface area (Å²) in [5, 5.41) is 6.34. The molecule has 1 aliphatic heterocycles. The maximum atomic E-state index is 13.5. The lowest BCUT2D eigenvalue weighted by Crippen LogP contribution is -2.49. The molecular weight excluding hydrogens is 338 g/mol. The first kappa shape index (κ1) is 18.5. The minimum Gasteiger partial charge on any atom is -0.349 e. The fraction of sp³-hybridized carbons (Fsp3) is 0.500. The Balaban J connectivity index is 0.00000220. The Hall–Kier alpha value is -0.550. The molecule has 21 heavy (non-hydrogen) atoms. The van der Waals surface area contributed by atoms with Gasteiger partial charge in [-0.15, -0.1) is 12.4 Å². The van der Waals surface area contributed by atoms with Crippen LogP contribution in [0.2, 0.25) is 10.0 Å². The normalized spacial score (nSPS) is 17.4. The van der Waals surface area contributed by atoms with Gasteiger partial charge in [-0.3, -0.25) is 4.79 Å². The highest BCUT2D eigenvalue weighted by Gasteiger charge is 2.29. The number of carbonyl (C=O) groups excluding carboxylic acids is 1. The molecule has 3 nitrogen and oxygen atoms in total. The molecule has 1 heterocycles. The van der Waals surface area contributed by atoms with E-state index in [1.807, 2.05) is 6.92 Å². The summed E-state index contributed by atoms with van der Waals surface area (Å²) >= 11 is 11.7. The smallest absolute Gasteiger partial charge is 0.223 e. The Bertz CT molecular complexity index is 523. The summed E-state index contributed by atoms with van der Waals surface area (Å²) in [6, 6.07) is 2.26. The van der Waals surface area contributed by atoms with Crippen molar-refractivity contribution < 1.29 is 9.18 Å². The fourth-order valence-corrected chi connectivity index (χ4v) is 2.72. The molecule has 1 saturated heterocycles. The molecule has 7 heteroatoms. The fourth-order valence-electron chi connectivity index (χ4n) is 2.17. The first-order chi connectivity index (χ1) is 9.40. The minimum atomic E-state index is -0.539. The van der Waals surface area contributed by atoms with Crippen molar-refractivity contribution in [2.75, 3.05) is 13.1 Å². The van der Waals surface area contributed by atoms with Gasteiger partial charge in [0.25, 0.3) is 0 Å². The van der Waals surface area contributed by atoms with Crippen LogP contribution in [-0.4, -0.2) is 19.0 Å². The van der Waals surface area contributed by atoms with Gasteiger partial charge in [0.2, 0.25) is 5.91 Å². The Morgan fingerprint density at radius 2 is 1.95 bits per heavy atom. The third-order valence-electron chi connectivity index (χ3n) is 3.80. The van der Waals surface area contributed by atoms with Crippen LogP contribution in [0, 0.1) is 17.7 Å². The molecule has 2 N–H and O–H groups in total. The van der Waals surface area contributed by atoms with E-state index in [1.54, 1.807) is 6.92 Å². The molecule has 2 unspecified atom stereocenters. The number of amides is 1. The Morgan fingerprint density at radius 3 is 2.48 bits per heavy atom. The van der Waals surface area contributed by atoms with Gasteiger partial charge in [-0.05, 0) is 43.6 Å².